The Bertz CT molecular complexity index is 453. The molecular weight excluding hydrogens is 300 g/mol. The van der Waals surface area contributed by atoms with Crippen LogP contribution in [-0.2, 0) is 0 Å². The van der Waals surface area contributed by atoms with Gasteiger partial charge in [0, 0.05) is 23.6 Å². The lowest BCUT2D eigenvalue weighted by atomic mass is 10.3. The van der Waals surface area contributed by atoms with Crippen LogP contribution in [0, 0.1) is 0 Å². The lowest BCUT2D eigenvalue weighted by Gasteiger charge is -2.16. The number of halogens is 1. The monoisotopic (exact) mass is 314 g/mol. The quantitative estimate of drug-likeness (QED) is 0.906. The third-order valence-electron chi connectivity index (χ3n) is 2.81. The summed E-state index contributed by atoms with van der Waals surface area (Å²) < 4.78 is 11.3. The van der Waals surface area contributed by atoms with Crippen LogP contribution in [0.5, 0.6) is 11.5 Å². The summed E-state index contributed by atoms with van der Waals surface area (Å²) in [4.78, 5) is 13.5. The standard InChI is InChI=1S/C12H15BrN2O3/c1-17-11-6-8(13)2-3-10(11)18-12(16)15-5-4-9(14)7-15/h2-3,6,9H,4-5,7,14H2,1H3/t9-/m1/s1. The smallest absolute Gasteiger partial charge is 0.415 e. The van der Waals surface area contributed by atoms with Gasteiger partial charge in [0.05, 0.1) is 7.11 Å². The van der Waals surface area contributed by atoms with Gasteiger partial charge >= 0.3 is 6.09 Å². The Balaban J connectivity index is 2.07. The van der Waals surface area contributed by atoms with Crippen LogP contribution in [-0.4, -0.2) is 37.2 Å². The molecule has 1 amide bonds. The van der Waals surface area contributed by atoms with Gasteiger partial charge in [0.15, 0.2) is 11.5 Å². The lowest BCUT2D eigenvalue weighted by molar-refractivity contribution is 0.160. The fraction of sp³-hybridized carbons (Fsp3) is 0.417. The lowest BCUT2D eigenvalue weighted by Crippen LogP contribution is -2.34. The molecule has 1 saturated heterocycles. The van der Waals surface area contributed by atoms with Gasteiger partial charge in [-0.2, -0.15) is 0 Å². The molecule has 0 saturated carbocycles. The van der Waals surface area contributed by atoms with Crippen molar-refractivity contribution in [2.45, 2.75) is 12.5 Å². The predicted molar refractivity (Wildman–Crippen MR) is 70.9 cm³/mol. The average molecular weight is 315 g/mol. The molecule has 1 aromatic rings. The number of hydrogen-bond acceptors (Lipinski definition) is 4. The maximum atomic E-state index is 11.9. The summed E-state index contributed by atoms with van der Waals surface area (Å²) in [6.07, 6.45) is 0.426. The Morgan fingerprint density at radius 2 is 2.28 bits per heavy atom. The molecule has 2 rings (SSSR count). The first-order chi connectivity index (χ1) is 8.60. The minimum absolute atomic E-state index is 0.0457. The molecular formula is C12H15BrN2O3. The molecule has 1 aliphatic rings. The van der Waals surface area contributed by atoms with Gasteiger partial charge in [0.25, 0.3) is 0 Å². The summed E-state index contributed by atoms with van der Waals surface area (Å²) in [5.74, 6) is 0.924. The molecule has 0 aromatic heterocycles. The average Bonchev–Trinajstić information content (AvgIpc) is 2.78. The van der Waals surface area contributed by atoms with E-state index in [2.05, 4.69) is 15.9 Å². The Labute approximate surface area is 114 Å². The van der Waals surface area contributed by atoms with Crippen molar-refractivity contribution in [2.24, 2.45) is 5.73 Å². The molecule has 1 atom stereocenters. The number of methoxy groups -OCH3 is 1. The summed E-state index contributed by atoms with van der Waals surface area (Å²) in [6, 6.07) is 5.28. The molecule has 0 spiro atoms. The molecule has 0 bridgehead atoms. The highest BCUT2D eigenvalue weighted by atomic mass is 79.9. The first-order valence-electron chi connectivity index (χ1n) is 5.66. The summed E-state index contributed by atoms with van der Waals surface area (Å²) in [7, 11) is 1.53. The Hall–Kier alpha value is -1.27. The van der Waals surface area contributed by atoms with Crippen molar-refractivity contribution in [1.82, 2.24) is 4.90 Å². The van der Waals surface area contributed by atoms with Crippen LogP contribution in [0.1, 0.15) is 6.42 Å². The van der Waals surface area contributed by atoms with E-state index < -0.39 is 0 Å². The first kappa shape index (κ1) is 13.2. The van der Waals surface area contributed by atoms with Crippen LogP contribution in [0.15, 0.2) is 22.7 Å². The van der Waals surface area contributed by atoms with Crippen molar-refractivity contribution >= 4 is 22.0 Å². The molecule has 2 N–H and O–H groups in total. The highest BCUT2D eigenvalue weighted by molar-refractivity contribution is 9.10. The van der Waals surface area contributed by atoms with E-state index in [1.54, 1.807) is 23.1 Å². The largest absolute Gasteiger partial charge is 0.493 e. The number of amides is 1. The SMILES string of the molecule is COc1cc(Br)ccc1OC(=O)N1CC[C@@H](N)C1. The fourth-order valence-electron chi connectivity index (χ4n) is 1.84. The molecule has 1 heterocycles. The molecule has 0 unspecified atom stereocenters. The van der Waals surface area contributed by atoms with Gasteiger partial charge < -0.3 is 20.1 Å². The van der Waals surface area contributed by atoms with E-state index in [0.717, 1.165) is 10.9 Å². The van der Waals surface area contributed by atoms with E-state index in [9.17, 15) is 4.79 Å². The molecule has 6 heteroatoms. The number of benzene rings is 1. The Kier molecular flexibility index (Phi) is 4.08. The second kappa shape index (κ2) is 5.58. The summed E-state index contributed by atoms with van der Waals surface area (Å²) in [5.41, 5.74) is 5.75. The number of nitrogens with two attached hydrogens (primary N) is 1. The van der Waals surface area contributed by atoms with Crippen molar-refractivity contribution < 1.29 is 14.3 Å². The highest BCUT2D eigenvalue weighted by Gasteiger charge is 2.25. The zero-order chi connectivity index (χ0) is 13.1. The second-order valence-electron chi connectivity index (χ2n) is 4.16. The van der Waals surface area contributed by atoms with Crippen molar-refractivity contribution in [2.75, 3.05) is 20.2 Å². The summed E-state index contributed by atoms with van der Waals surface area (Å²) >= 11 is 3.33. The van der Waals surface area contributed by atoms with E-state index in [4.69, 9.17) is 15.2 Å². The second-order valence-corrected chi connectivity index (χ2v) is 5.07. The van der Waals surface area contributed by atoms with Gasteiger partial charge in [-0.25, -0.2) is 4.79 Å². The molecule has 1 fully saturated rings. The molecule has 18 heavy (non-hydrogen) atoms. The maximum absolute atomic E-state index is 11.9. The number of ether oxygens (including phenoxy) is 2. The van der Waals surface area contributed by atoms with E-state index in [0.29, 0.717) is 24.6 Å². The van der Waals surface area contributed by atoms with Crippen molar-refractivity contribution in [3.05, 3.63) is 22.7 Å². The van der Waals surface area contributed by atoms with Crippen LogP contribution in [0.25, 0.3) is 0 Å². The van der Waals surface area contributed by atoms with Gasteiger partial charge in [0.1, 0.15) is 0 Å². The van der Waals surface area contributed by atoms with E-state index in [1.807, 2.05) is 0 Å². The van der Waals surface area contributed by atoms with Crippen molar-refractivity contribution in [1.29, 1.82) is 0 Å². The maximum Gasteiger partial charge on any atom is 0.415 e. The third kappa shape index (κ3) is 2.94. The Morgan fingerprint density at radius 3 is 2.89 bits per heavy atom. The number of nitrogens with zero attached hydrogens (tertiary/aromatic N) is 1. The highest BCUT2D eigenvalue weighted by Crippen LogP contribution is 2.30. The number of carbonyl (C=O) groups excluding carboxylic acids is 1. The first-order valence-corrected chi connectivity index (χ1v) is 6.45. The van der Waals surface area contributed by atoms with E-state index in [1.165, 1.54) is 7.11 Å². The minimum atomic E-state index is -0.386. The predicted octanol–water partition coefficient (Wildman–Crippen LogP) is 1.99. The minimum Gasteiger partial charge on any atom is -0.493 e. The van der Waals surface area contributed by atoms with E-state index >= 15 is 0 Å². The molecule has 5 nitrogen and oxygen atoms in total. The number of likely N-dealkylation sites (tertiary alicyclic amines) is 1. The van der Waals surface area contributed by atoms with Crippen LogP contribution >= 0.6 is 15.9 Å². The summed E-state index contributed by atoms with van der Waals surface area (Å²) in [5, 5.41) is 0. The van der Waals surface area contributed by atoms with Crippen LogP contribution < -0.4 is 15.2 Å². The van der Waals surface area contributed by atoms with Gasteiger partial charge in [-0.05, 0) is 24.6 Å². The van der Waals surface area contributed by atoms with Crippen LogP contribution in [0.3, 0.4) is 0 Å². The zero-order valence-electron chi connectivity index (χ0n) is 10.1. The number of rotatable bonds is 2. The fourth-order valence-corrected chi connectivity index (χ4v) is 2.18. The Morgan fingerprint density at radius 1 is 1.50 bits per heavy atom. The topological polar surface area (TPSA) is 64.8 Å². The number of hydrogen-bond donors (Lipinski definition) is 1. The van der Waals surface area contributed by atoms with E-state index in [-0.39, 0.29) is 12.1 Å². The number of carbonyl (C=O) groups is 1. The van der Waals surface area contributed by atoms with Crippen molar-refractivity contribution in [3.8, 4) is 11.5 Å². The molecule has 1 aromatic carbocycles. The van der Waals surface area contributed by atoms with Gasteiger partial charge in [0.2, 0.25) is 0 Å². The summed E-state index contributed by atoms with van der Waals surface area (Å²) in [6.45, 7) is 1.18. The molecule has 0 aliphatic carbocycles. The molecule has 1 aliphatic heterocycles. The molecule has 0 radical (unpaired) electrons. The molecule has 98 valence electrons. The van der Waals surface area contributed by atoms with Gasteiger partial charge in [-0.15, -0.1) is 0 Å². The van der Waals surface area contributed by atoms with Gasteiger partial charge in [-0.3, -0.25) is 0 Å². The third-order valence-corrected chi connectivity index (χ3v) is 3.30. The normalized spacial score (nSPS) is 18.8. The van der Waals surface area contributed by atoms with Crippen LogP contribution in [0.4, 0.5) is 4.79 Å². The van der Waals surface area contributed by atoms with Gasteiger partial charge in [-0.1, -0.05) is 15.9 Å². The van der Waals surface area contributed by atoms with Crippen LogP contribution in [0.2, 0.25) is 0 Å². The van der Waals surface area contributed by atoms with Crippen molar-refractivity contribution in [3.63, 3.8) is 0 Å². The zero-order valence-corrected chi connectivity index (χ0v) is 11.6.